The first-order valence-electron chi connectivity index (χ1n) is 5.73. The van der Waals surface area contributed by atoms with Gasteiger partial charge in [0.1, 0.15) is 0 Å². The summed E-state index contributed by atoms with van der Waals surface area (Å²) in [5.41, 5.74) is 7.58. The Bertz CT molecular complexity index is 308. The fraction of sp³-hybridized carbons (Fsp3) is 0.538. The van der Waals surface area contributed by atoms with Crippen molar-refractivity contribution in [3.63, 3.8) is 0 Å². The maximum atomic E-state index is 6.20. The highest BCUT2D eigenvalue weighted by atomic mass is 15.2. The summed E-state index contributed by atoms with van der Waals surface area (Å²) in [5.74, 6) is 0.508. The van der Waals surface area contributed by atoms with E-state index in [4.69, 9.17) is 5.73 Å². The first-order chi connectivity index (χ1) is 7.18. The van der Waals surface area contributed by atoms with Gasteiger partial charge in [-0.05, 0) is 19.4 Å². The summed E-state index contributed by atoms with van der Waals surface area (Å²) in [5, 5.41) is 0. The van der Waals surface area contributed by atoms with E-state index in [-0.39, 0.29) is 6.04 Å². The van der Waals surface area contributed by atoms with Gasteiger partial charge in [0.05, 0.1) is 0 Å². The van der Waals surface area contributed by atoms with E-state index in [9.17, 15) is 0 Å². The summed E-state index contributed by atoms with van der Waals surface area (Å²) < 4.78 is 0. The molecule has 1 aromatic carbocycles. The van der Waals surface area contributed by atoms with E-state index < -0.39 is 0 Å². The number of rotatable bonds is 2. The van der Waals surface area contributed by atoms with Crippen LogP contribution in [0.2, 0.25) is 0 Å². The number of benzene rings is 1. The Hall–Kier alpha value is -0.860. The van der Waals surface area contributed by atoms with E-state index in [0.717, 1.165) is 13.1 Å². The van der Waals surface area contributed by atoms with Gasteiger partial charge in [-0.2, -0.15) is 0 Å². The monoisotopic (exact) mass is 204 g/mol. The van der Waals surface area contributed by atoms with E-state index in [0.29, 0.717) is 12.0 Å². The van der Waals surface area contributed by atoms with Gasteiger partial charge in [0.2, 0.25) is 0 Å². The van der Waals surface area contributed by atoms with Gasteiger partial charge in [0.25, 0.3) is 0 Å². The van der Waals surface area contributed by atoms with Crippen molar-refractivity contribution in [2.75, 3.05) is 13.1 Å². The molecule has 2 N–H and O–H groups in total. The van der Waals surface area contributed by atoms with Crippen LogP contribution in [0.15, 0.2) is 30.3 Å². The zero-order chi connectivity index (χ0) is 10.8. The topological polar surface area (TPSA) is 29.3 Å². The van der Waals surface area contributed by atoms with Crippen molar-refractivity contribution in [2.45, 2.75) is 31.8 Å². The van der Waals surface area contributed by atoms with Crippen LogP contribution in [0.1, 0.15) is 25.3 Å². The molecule has 2 heteroatoms. The van der Waals surface area contributed by atoms with Gasteiger partial charge in [-0.1, -0.05) is 30.3 Å². The lowest BCUT2D eigenvalue weighted by Gasteiger charge is -2.19. The molecule has 1 aromatic rings. The van der Waals surface area contributed by atoms with Crippen LogP contribution < -0.4 is 5.73 Å². The second-order valence-corrected chi connectivity index (χ2v) is 4.73. The van der Waals surface area contributed by atoms with Gasteiger partial charge in [0, 0.05) is 31.1 Å². The Morgan fingerprint density at radius 1 is 1.20 bits per heavy atom. The maximum Gasteiger partial charge on any atom is 0.0250 e. The lowest BCUT2D eigenvalue weighted by molar-refractivity contribution is 0.270. The lowest BCUT2D eigenvalue weighted by atomic mass is 9.95. The Morgan fingerprint density at radius 3 is 2.40 bits per heavy atom. The van der Waals surface area contributed by atoms with Crippen molar-refractivity contribution in [3.05, 3.63) is 35.9 Å². The highest BCUT2D eigenvalue weighted by Gasteiger charge is 2.31. The zero-order valence-electron chi connectivity index (χ0n) is 9.56. The molecular weight excluding hydrogens is 184 g/mol. The highest BCUT2D eigenvalue weighted by Crippen LogP contribution is 2.27. The number of nitrogens with two attached hydrogens (primary N) is 1. The predicted molar refractivity (Wildman–Crippen MR) is 63.9 cm³/mol. The Balaban J connectivity index is 2.12. The molecule has 0 amide bonds. The molecule has 1 fully saturated rings. The van der Waals surface area contributed by atoms with Crippen LogP contribution >= 0.6 is 0 Å². The van der Waals surface area contributed by atoms with Crippen LogP contribution in [0, 0.1) is 0 Å². The summed E-state index contributed by atoms with van der Waals surface area (Å²) in [4.78, 5) is 2.46. The smallest absolute Gasteiger partial charge is 0.0250 e. The first-order valence-corrected chi connectivity index (χ1v) is 5.73. The Morgan fingerprint density at radius 2 is 1.87 bits per heavy atom. The molecule has 82 valence electrons. The van der Waals surface area contributed by atoms with Crippen molar-refractivity contribution in [1.82, 2.24) is 4.90 Å². The third kappa shape index (κ3) is 2.21. The van der Waals surface area contributed by atoms with Gasteiger partial charge >= 0.3 is 0 Å². The second kappa shape index (κ2) is 4.33. The van der Waals surface area contributed by atoms with E-state index in [1.807, 2.05) is 0 Å². The minimum Gasteiger partial charge on any atom is -0.326 e. The maximum absolute atomic E-state index is 6.20. The van der Waals surface area contributed by atoms with Crippen LogP contribution in [-0.4, -0.2) is 30.1 Å². The van der Waals surface area contributed by atoms with Crippen molar-refractivity contribution < 1.29 is 0 Å². The number of hydrogen-bond donors (Lipinski definition) is 1. The first kappa shape index (κ1) is 10.7. The molecular formula is C13H20N2. The summed E-state index contributed by atoms with van der Waals surface area (Å²) in [7, 11) is 0. The van der Waals surface area contributed by atoms with E-state index in [2.05, 4.69) is 49.1 Å². The van der Waals surface area contributed by atoms with Gasteiger partial charge in [-0.3, -0.25) is 4.90 Å². The lowest BCUT2D eigenvalue weighted by Crippen LogP contribution is -2.31. The summed E-state index contributed by atoms with van der Waals surface area (Å²) >= 11 is 0. The SMILES string of the molecule is CC(C)N1C[C@@H](N)[C@H](c2ccccc2)C1. The third-order valence-corrected chi connectivity index (χ3v) is 3.35. The van der Waals surface area contributed by atoms with Crippen molar-refractivity contribution in [3.8, 4) is 0 Å². The molecule has 0 unspecified atom stereocenters. The minimum absolute atomic E-state index is 0.287. The number of likely N-dealkylation sites (tertiary alicyclic amines) is 1. The zero-order valence-corrected chi connectivity index (χ0v) is 9.56. The molecule has 0 aromatic heterocycles. The quantitative estimate of drug-likeness (QED) is 0.796. The molecule has 0 saturated carbocycles. The Kier molecular flexibility index (Phi) is 3.08. The fourth-order valence-electron chi connectivity index (χ4n) is 2.34. The van der Waals surface area contributed by atoms with Crippen molar-refractivity contribution in [2.24, 2.45) is 5.73 Å². The molecule has 2 rings (SSSR count). The molecule has 2 atom stereocenters. The molecule has 15 heavy (non-hydrogen) atoms. The van der Waals surface area contributed by atoms with Crippen molar-refractivity contribution in [1.29, 1.82) is 0 Å². The summed E-state index contributed by atoms with van der Waals surface area (Å²) in [6, 6.07) is 11.5. The third-order valence-electron chi connectivity index (χ3n) is 3.35. The minimum atomic E-state index is 0.287. The standard InChI is InChI=1S/C13H20N2/c1-10(2)15-8-12(13(14)9-15)11-6-4-3-5-7-11/h3-7,10,12-13H,8-9,14H2,1-2H3/t12-,13+/m0/s1. The van der Waals surface area contributed by atoms with Crippen LogP contribution in [0.25, 0.3) is 0 Å². The van der Waals surface area contributed by atoms with Gasteiger partial charge in [-0.25, -0.2) is 0 Å². The average Bonchev–Trinajstić information content (AvgIpc) is 2.62. The molecule has 0 spiro atoms. The molecule has 0 aliphatic carbocycles. The van der Waals surface area contributed by atoms with Crippen LogP contribution in [0.4, 0.5) is 0 Å². The van der Waals surface area contributed by atoms with Crippen LogP contribution in [0.5, 0.6) is 0 Å². The molecule has 0 radical (unpaired) electrons. The van der Waals surface area contributed by atoms with Gasteiger partial charge in [-0.15, -0.1) is 0 Å². The normalized spacial score (nSPS) is 27.5. The summed E-state index contributed by atoms with van der Waals surface area (Å²) in [6.07, 6.45) is 0. The van der Waals surface area contributed by atoms with Gasteiger partial charge in [0.15, 0.2) is 0 Å². The number of nitrogens with zero attached hydrogens (tertiary/aromatic N) is 1. The van der Waals surface area contributed by atoms with E-state index in [1.165, 1.54) is 5.56 Å². The Labute approximate surface area is 92.1 Å². The molecule has 1 aliphatic heterocycles. The van der Waals surface area contributed by atoms with Crippen LogP contribution in [-0.2, 0) is 0 Å². The predicted octanol–water partition coefficient (Wildman–Crippen LogP) is 1.82. The van der Waals surface area contributed by atoms with Crippen LogP contribution in [0.3, 0.4) is 0 Å². The largest absolute Gasteiger partial charge is 0.326 e. The highest BCUT2D eigenvalue weighted by molar-refractivity contribution is 5.23. The van der Waals surface area contributed by atoms with E-state index >= 15 is 0 Å². The fourth-order valence-corrected chi connectivity index (χ4v) is 2.34. The molecule has 1 saturated heterocycles. The molecule has 1 aliphatic rings. The van der Waals surface area contributed by atoms with Gasteiger partial charge < -0.3 is 5.73 Å². The molecule has 0 bridgehead atoms. The average molecular weight is 204 g/mol. The second-order valence-electron chi connectivity index (χ2n) is 4.73. The molecule has 2 nitrogen and oxygen atoms in total. The number of hydrogen-bond acceptors (Lipinski definition) is 2. The summed E-state index contributed by atoms with van der Waals surface area (Å²) in [6.45, 7) is 6.60. The molecule has 1 heterocycles. The van der Waals surface area contributed by atoms with Crippen molar-refractivity contribution >= 4 is 0 Å². The van der Waals surface area contributed by atoms with E-state index in [1.54, 1.807) is 0 Å².